The number of hydrogen-bond donors (Lipinski definition) is 1. The zero-order valence-corrected chi connectivity index (χ0v) is 10.6. The summed E-state index contributed by atoms with van der Waals surface area (Å²) in [5.41, 5.74) is 1.10. The van der Waals surface area contributed by atoms with Gasteiger partial charge in [0.25, 0.3) is 0 Å². The summed E-state index contributed by atoms with van der Waals surface area (Å²) in [6.07, 6.45) is 1.45. The van der Waals surface area contributed by atoms with Crippen molar-refractivity contribution < 1.29 is 4.74 Å². The molecule has 2 heterocycles. The zero-order valence-electron chi connectivity index (χ0n) is 10.6. The summed E-state index contributed by atoms with van der Waals surface area (Å²) >= 11 is 0. The summed E-state index contributed by atoms with van der Waals surface area (Å²) in [6.45, 7) is 5.91. The molecule has 0 saturated carbocycles. The van der Waals surface area contributed by atoms with E-state index in [9.17, 15) is 0 Å². The highest BCUT2D eigenvalue weighted by Crippen LogP contribution is 2.19. The second kappa shape index (κ2) is 5.98. The maximum Gasteiger partial charge on any atom is 0.128 e. The fourth-order valence-electron chi connectivity index (χ4n) is 2.12. The summed E-state index contributed by atoms with van der Waals surface area (Å²) in [6, 6.07) is 6.22. The Morgan fingerprint density at radius 2 is 2.41 bits per heavy atom. The van der Waals surface area contributed by atoms with E-state index >= 15 is 0 Å². The highest BCUT2D eigenvalue weighted by atomic mass is 16.5. The Morgan fingerprint density at radius 1 is 1.53 bits per heavy atom. The van der Waals surface area contributed by atoms with Crippen LogP contribution in [0.1, 0.15) is 19.0 Å². The normalized spacial score (nSPS) is 19.9. The molecule has 0 radical (unpaired) electrons. The van der Waals surface area contributed by atoms with Gasteiger partial charge in [0.1, 0.15) is 5.82 Å². The van der Waals surface area contributed by atoms with Crippen LogP contribution >= 0.6 is 0 Å². The van der Waals surface area contributed by atoms with Gasteiger partial charge in [0.2, 0.25) is 0 Å². The smallest absolute Gasteiger partial charge is 0.128 e. The lowest BCUT2D eigenvalue weighted by atomic mass is 10.3. The molecule has 0 amide bonds. The first-order valence-corrected chi connectivity index (χ1v) is 6.28. The molecule has 17 heavy (non-hydrogen) atoms. The van der Waals surface area contributed by atoms with E-state index in [-0.39, 0.29) is 0 Å². The number of aromatic nitrogens is 1. The second-order valence-electron chi connectivity index (χ2n) is 4.36. The van der Waals surface area contributed by atoms with Crippen molar-refractivity contribution in [2.75, 3.05) is 31.6 Å². The summed E-state index contributed by atoms with van der Waals surface area (Å²) in [7, 11) is 1.78. The van der Waals surface area contributed by atoms with Crippen LogP contribution in [0.4, 0.5) is 5.82 Å². The summed E-state index contributed by atoms with van der Waals surface area (Å²) < 4.78 is 5.38. The molecule has 1 atom stereocenters. The van der Waals surface area contributed by atoms with E-state index in [0.717, 1.165) is 44.1 Å². The first-order valence-electron chi connectivity index (χ1n) is 6.28. The van der Waals surface area contributed by atoms with Crippen molar-refractivity contribution in [3.63, 3.8) is 0 Å². The first-order chi connectivity index (χ1) is 8.33. The van der Waals surface area contributed by atoms with Gasteiger partial charge in [-0.15, -0.1) is 0 Å². The number of nitrogens with one attached hydrogen (secondary N) is 1. The molecule has 0 bridgehead atoms. The third kappa shape index (κ3) is 3.17. The molecule has 1 aliphatic rings. The van der Waals surface area contributed by atoms with E-state index in [1.54, 1.807) is 7.11 Å². The minimum absolute atomic E-state index is 0.356. The summed E-state index contributed by atoms with van der Waals surface area (Å²) in [4.78, 5) is 6.96. The number of hydrogen-bond acceptors (Lipinski definition) is 4. The van der Waals surface area contributed by atoms with Crippen molar-refractivity contribution in [3.8, 4) is 0 Å². The molecule has 0 aliphatic carbocycles. The number of nitrogens with zero attached hydrogens (tertiary/aromatic N) is 2. The van der Waals surface area contributed by atoms with Crippen molar-refractivity contribution >= 4 is 5.82 Å². The number of anilines is 1. The molecule has 2 rings (SSSR count). The van der Waals surface area contributed by atoms with Crippen LogP contribution in [0.25, 0.3) is 0 Å². The number of rotatable bonds is 5. The van der Waals surface area contributed by atoms with E-state index in [4.69, 9.17) is 4.74 Å². The third-order valence-electron chi connectivity index (χ3n) is 3.15. The minimum atomic E-state index is 0.356. The van der Waals surface area contributed by atoms with Crippen molar-refractivity contribution in [1.82, 2.24) is 10.3 Å². The van der Waals surface area contributed by atoms with E-state index in [2.05, 4.69) is 40.3 Å². The quantitative estimate of drug-likeness (QED) is 0.837. The van der Waals surface area contributed by atoms with Crippen LogP contribution in [0.5, 0.6) is 0 Å². The average Bonchev–Trinajstić information content (AvgIpc) is 2.85. The molecule has 1 aromatic rings. The second-order valence-corrected chi connectivity index (χ2v) is 4.36. The Morgan fingerprint density at radius 3 is 3.12 bits per heavy atom. The minimum Gasteiger partial charge on any atom is -0.380 e. The van der Waals surface area contributed by atoms with Crippen LogP contribution < -0.4 is 10.2 Å². The van der Waals surface area contributed by atoms with Gasteiger partial charge in [0.15, 0.2) is 0 Å². The van der Waals surface area contributed by atoms with Crippen molar-refractivity contribution in [1.29, 1.82) is 0 Å². The lowest BCUT2D eigenvalue weighted by Gasteiger charge is -2.17. The average molecular weight is 235 g/mol. The molecule has 1 aliphatic heterocycles. The topological polar surface area (TPSA) is 37.4 Å². The van der Waals surface area contributed by atoms with Gasteiger partial charge >= 0.3 is 0 Å². The molecule has 1 saturated heterocycles. The molecule has 1 N–H and O–H groups in total. The van der Waals surface area contributed by atoms with E-state index in [1.165, 1.54) is 0 Å². The van der Waals surface area contributed by atoms with E-state index < -0.39 is 0 Å². The SMILES string of the molecule is CCNCc1cccc(N2CCC(OC)C2)n1. The molecule has 4 heteroatoms. The Balaban J connectivity index is 2.01. The molecule has 0 spiro atoms. The molecule has 4 nitrogen and oxygen atoms in total. The molecule has 1 unspecified atom stereocenters. The van der Waals surface area contributed by atoms with Gasteiger partial charge in [-0.05, 0) is 25.1 Å². The largest absolute Gasteiger partial charge is 0.380 e. The molecule has 0 aromatic carbocycles. The van der Waals surface area contributed by atoms with E-state index in [1.807, 2.05) is 0 Å². The van der Waals surface area contributed by atoms with Gasteiger partial charge in [0, 0.05) is 26.7 Å². The molecular weight excluding hydrogens is 214 g/mol. The number of ether oxygens (including phenoxy) is 1. The fraction of sp³-hybridized carbons (Fsp3) is 0.615. The van der Waals surface area contributed by atoms with E-state index in [0.29, 0.717) is 6.10 Å². The van der Waals surface area contributed by atoms with Crippen LogP contribution in [-0.4, -0.2) is 37.8 Å². The molecule has 1 aromatic heterocycles. The van der Waals surface area contributed by atoms with Gasteiger partial charge in [-0.1, -0.05) is 13.0 Å². The number of pyridine rings is 1. The monoisotopic (exact) mass is 235 g/mol. The van der Waals surface area contributed by atoms with Gasteiger partial charge < -0.3 is 15.0 Å². The highest BCUT2D eigenvalue weighted by Gasteiger charge is 2.22. The maximum atomic E-state index is 5.38. The predicted octanol–water partition coefficient (Wildman–Crippen LogP) is 1.42. The van der Waals surface area contributed by atoms with Crippen molar-refractivity contribution in [3.05, 3.63) is 23.9 Å². The lowest BCUT2D eigenvalue weighted by molar-refractivity contribution is 0.121. The van der Waals surface area contributed by atoms with Gasteiger partial charge in [-0.2, -0.15) is 0 Å². The third-order valence-corrected chi connectivity index (χ3v) is 3.15. The maximum absolute atomic E-state index is 5.38. The Kier molecular flexibility index (Phi) is 4.34. The van der Waals surface area contributed by atoms with Crippen molar-refractivity contribution in [2.45, 2.75) is 26.0 Å². The Hall–Kier alpha value is -1.13. The Labute approximate surface area is 103 Å². The van der Waals surface area contributed by atoms with Crippen molar-refractivity contribution in [2.24, 2.45) is 0 Å². The fourth-order valence-corrected chi connectivity index (χ4v) is 2.12. The van der Waals surface area contributed by atoms with Gasteiger partial charge in [-0.25, -0.2) is 4.98 Å². The summed E-state index contributed by atoms with van der Waals surface area (Å²) in [5.74, 6) is 1.07. The molecule has 94 valence electrons. The zero-order chi connectivity index (χ0) is 12.1. The Bertz CT molecular complexity index is 356. The standard InChI is InChI=1S/C13H21N3O/c1-3-14-9-11-5-4-6-13(15-11)16-8-7-12(10-16)17-2/h4-6,12,14H,3,7-10H2,1-2H3. The first kappa shape index (κ1) is 12.3. The van der Waals surface area contributed by atoms with Crippen LogP contribution in [0, 0.1) is 0 Å². The van der Waals surface area contributed by atoms with Crippen LogP contribution in [0.2, 0.25) is 0 Å². The van der Waals surface area contributed by atoms with Gasteiger partial charge in [0.05, 0.1) is 11.8 Å². The highest BCUT2D eigenvalue weighted by molar-refractivity contribution is 5.40. The molecule has 1 fully saturated rings. The van der Waals surface area contributed by atoms with Crippen LogP contribution in [0.3, 0.4) is 0 Å². The molecular formula is C13H21N3O. The number of methoxy groups -OCH3 is 1. The van der Waals surface area contributed by atoms with Gasteiger partial charge in [-0.3, -0.25) is 0 Å². The van der Waals surface area contributed by atoms with Crippen LogP contribution in [-0.2, 0) is 11.3 Å². The summed E-state index contributed by atoms with van der Waals surface area (Å²) in [5, 5.41) is 3.30. The predicted molar refractivity (Wildman–Crippen MR) is 69.2 cm³/mol. The van der Waals surface area contributed by atoms with Crippen LogP contribution in [0.15, 0.2) is 18.2 Å². The lowest BCUT2D eigenvalue weighted by Crippen LogP contribution is -2.23.